The fourth-order valence-corrected chi connectivity index (χ4v) is 3.63. The largest absolute Gasteiger partial charge is 0.348 e. The number of carbonyl (C=O) groups is 1. The van der Waals surface area contributed by atoms with E-state index < -0.39 is 0 Å². The van der Waals surface area contributed by atoms with E-state index in [9.17, 15) is 4.79 Å². The Bertz CT molecular complexity index is 599. The quantitative estimate of drug-likeness (QED) is 0.601. The van der Waals surface area contributed by atoms with Crippen LogP contribution in [-0.2, 0) is 11.3 Å². The Morgan fingerprint density at radius 1 is 1.35 bits per heavy atom. The van der Waals surface area contributed by atoms with E-state index in [4.69, 9.17) is 11.6 Å². The fraction of sp³-hybridized carbons (Fsp3) is 0.591. The predicted octanol–water partition coefficient (Wildman–Crippen LogP) is 5.19. The van der Waals surface area contributed by atoms with Gasteiger partial charge >= 0.3 is 0 Å². The minimum atomic E-state index is -0.0453. The van der Waals surface area contributed by atoms with Gasteiger partial charge in [0.2, 0.25) is 5.91 Å². The number of nitrogens with zero attached hydrogens (tertiary/aromatic N) is 1. The molecule has 1 aromatic rings. The van der Waals surface area contributed by atoms with E-state index in [0.717, 1.165) is 49.4 Å². The number of rotatable bonds is 9. The van der Waals surface area contributed by atoms with Gasteiger partial charge < -0.3 is 5.32 Å². The van der Waals surface area contributed by atoms with Crippen molar-refractivity contribution in [3.63, 3.8) is 0 Å². The maximum absolute atomic E-state index is 12.9. The molecule has 1 fully saturated rings. The van der Waals surface area contributed by atoms with Crippen molar-refractivity contribution in [2.45, 2.75) is 71.5 Å². The molecule has 1 aliphatic heterocycles. The molecular weight excluding hydrogens is 344 g/mol. The molecule has 0 radical (unpaired) electrons. The molecular formula is C22H33ClN2O. The van der Waals surface area contributed by atoms with Crippen LogP contribution in [0.25, 0.3) is 0 Å². The molecule has 3 atom stereocenters. The highest BCUT2D eigenvalue weighted by atomic mass is 35.5. The maximum atomic E-state index is 12.9. The lowest BCUT2D eigenvalue weighted by Gasteiger charge is -2.27. The van der Waals surface area contributed by atoms with Crippen molar-refractivity contribution in [3.05, 3.63) is 47.0 Å². The molecule has 1 aromatic carbocycles. The van der Waals surface area contributed by atoms with E-state index >= 15 is 0 Å². The molecule has 0 spiro atoms. The first-order valence-electron chi connectivity index (χ1n) is 9.85. The van der Waals surface area contributed by atoms with Crippen LogP contribution in [0.1, 0.15) is 58.4 Å². The predicted molar refractivity (Wildman–Crippen MR) is 110 cm³/mol. The van der Waals surface area contributed by atoms with Gasteiger partial charge in [0.05, 0.1) is 6.04 Å². The number of hydrogen-bond acceptors (Lipinski definition) is 2. The molecule has 144 valence electrons. The van der Waals surface area contributed by atoms with E-state index in [0.29, 0.717) is 5.92 Å². The first-order valence-corrected chi connectivity index (χ1v) is 10.2. The van der Waals surface area contributed by atoms with E-state index in [2.05, 4.69) is 30.6 Å². The van der Waals surface area contributed by atoms with Crippen molar-refractivity contribution in [1.29, 1.82) is 0 Å². The second-order valence-corrected chi connectivity index (χ2v) is 8.19. The summed E-state index contributed by atoms with van der Waals surface area (Å²) < 4.78 is 0. The summed E-state index contributed by atoms with van der Waals surface area (Å²) in [6.07, 6.45) is 5.26. The molecule has 4 heteroatoms. The number of benzene rings is 1. The summed E-state index contributed by atoms with van der Waals surface area (Å²) in [7, 11) is 0. The highest BCUT2D eigenvalue weighted by Crippen LogP contribution is 2.22. The number of hydrogen-bond donors (Lipinski definition) is 1. The number of amides is 1. The monoisotopic (exact) mass is 376 g/mol. The molecule has 2 rings (SSSR count). The van der Waals surface area contributed by atoms with Crippen LogP contribution in [0, 0.1) is 5.92 Å². The lowest BCUT2D eigenvalue weighted by atomic mass is 9.96. The molecule has 1 N–H and O–H groups in total. The van der Waals surface area contributed by atoms with Crippen LogP contribution >= 0.6 is 11.6 Å². The fourth-order valence-electron chi connectivity index (χ4n) is 3.50. The second-order valence-electron chi connectivity index (χ2n) is 7.75. The van der Waals surface area contributed by atoms with Crippen molar-refractivity contribution >= 4 is 17.5 Å². The van der Waals surface area contributed by atoms with E-state index in [1.807, 2.05) is 31.2 Å². The third kappa shape index (κ3) is 6.14. The Kier molecular flexibility index (Phi) is 8.17. The standard InChI is InChI=1S/C22H33ClN2O/c1-5-17(4)8-13-20(16(2)3)24-22(26)21-7-6-14-25(21)15-18-9-11-19(23)12-10-18/h9-12,17,20-21H,2,5-8,13-15H2,1,3-4H3,(H,24,26). The topological polar surface area (TPSA) is 32.3 Å². The lowest BCUT2D eigenvalue weighted by Crippen LogP contribution is -2.47. The minimum absolute atomic E-state index is 0.0453. The number of carbonyl (C=O) groups excluding carboxylic acids is 1. The molecule has 26 heavy (non-hydrogen) atoms. The summed E-state index contributed by atoms with van der Waals surface area (Å²) in [6, 6.07) is 7.93. The molecule has 3 nitrogen and oxygen atoms in total. The van der Waals surface area contributed by atoms with Gasteiger partial charge in [0, 0.05) is 17.6 Å². The number of nitrogens with one attached hydrogen (secondary N) is 1. The minimum Gasteiger partial charge on any atom is -0.348 e. The van der Waals surface area contributed by atoms with Gasteiger partial charge in [-0.15, -0.1) is 0 Å². The molecule has 1 heterocycles. The third-order valence-electron chi connectivity index (χ3n) is 5.52. The van der Waals surface area contributed by atoms with Crippen molar-refractivity contribution in [2.75, 3.05) is 6.54 Å². The number of likely N-dealkylation sites (tertiary alicyclic amines) is 1. The van der Waals surface area contributed by atoms with Crippen LogP contribution in [0.3, 0.4) is 0 Å². The summed E-state index contributed by atoms with van der Waals surface area (Å²) in [6.45, 7) is 12.3. The van der Waals surface area contributed by atoms with E-state index in [1.165, 1.54) is 12.0 Å². The van der Waals surface area contributed by atoms with Gasteiger partial charge in [0.25, 0.3) is 0 Å². The average molecular weight is 377 g/mol. The zero-order valence-electron chi connectivity index (χ0n) is 16.4. The Hall–Kier alpha value is -1.32. The van der Waals surface area contributed by atoms with Crippen molar-refractivity contribution in [3.8, 4) is 0 Å². The van der Waals surface area contributed by atoms with Crippen LogP contribution < -0.4 is 5.32 Å². The Morgan fingerprint density at radius 2 is 2.04 bits per heavy atom. The molecule has 3 unspecified atom stereocenters. The van der Waals surface area contributed by atoms with E-state index in [1.54, 1.807) is 0 Å². The van der Waals surface area contributed by atoms with Gasteiger partial charge in [-0.25, -0.2) is 0 Å². The number of halogens is 1. The zero-order chi connectivity index (χ0) is 19.1. The van der Waals surface area contributed by atoms with E-state index in [-0.39, 0.29) is 18.0 Å². The van der Waals surface area contributed by atoms with Gasteiger partial charge in [-0.05, 0) is 62.8 Å². The molecule has 1 amide bonds. The Balaban J connectivity index is 1.94. The zero-order valence-corrected chi connectivity index (χ0v) is 17.2. The van der Waals surface area contributed by atoms with Crippen molar-refractivity contribution in [2.24, 2.45) is 5.92 Å². The first kappa shape index (κ1) is 21.0. The van der Waals surface area contributed by atoms with Crippen LogP contribution in [0.4, 0.5) is 0 Å². The van der Waals surface area contributed by atoms with Gasteiger partial charge in [-0.3, -0.25) is 9.69 Å². The second kappa shape index (κ2) is 10.1. The van der Waals surface area contributed by atoms with Crippen LogP contribution in [-0.4, -0.2) is 29.4 Å². The molecule has 0 aromatic heterocycles. The van der Waals surface area contributed by atoms with Gasteiger partial charge in [-0.2, -0.15) is 0 Å². The normalized spacial score (nSPS) is 19.9. The SMILES string of the molecule is C=C(C)C(CCC(C)CC)NC(=O)C1CCCN1Cc1ccc(Cl)cc1. The van der Waals surface area contributed by atoms with Crippen LogP contribution in [0.15, 0.2) is 36.4 Å². The first-order chi connectivity index (χ1) is 12.4. The summed E-state index contributed by atoms with van der Waals surface area (Å²) >= 11 is 5.97. The summed E-state index contributed by atoms with van der Waals surface area (Å²) in [5.74, 6) is 0.829. The average Bonchev–Trinajstić information content (AvgIpc) is 3.08. The molecule has 0 bridgehead atoms. The van der Waals surface area contributed by atoms with Crippen molar-refractivity contribution in [1.82, 2.24) is 10.2 Å². The van der Waals surface area contributed by atoms with Crippen molar-refractivity contribution < 1.29 is 4.79 Å². The maximum Gasteiger partial charge on any atom is 0.237 e. The smallest absolute Gasteiger partial charge is 0.237 e. The molecule has 1 saturated heterocycles. The summed E-state index contributed by atoms with van der Waals surface area (Å²) in [5.41, 5.74) is 2.24. The Labute approximate surface area is 163 Å². The van der Waals surface area contributed by atoms with Crippen LogP contribution in [0.5, 0.6) is 0 Å². The lowest BCUT2D eigenvalue weighted by molar-refractivity contribution is -0.126. The molecule has 0 aliphatic carbocycles. The van der Waals surface area contributed by atoms with Gasteiger partial charge in [-0.1, -0.05) is 56.2 Å². The highest BCUT2D eigenvalue weighted by Gasteiger charge is 2.31. The van der Waals surface area contributed by atoms with Gasteiger partial charge in [0.1, 0.15) is 0 Å². The molecule has 0 saturated carbocycles. The summed E-state index contributed by atoms with van der Waals surface area (Å²) in [4.78, 5) is 15.2. The van der Waals surface area contributed by atoms with Gasteiger partial charge in [0.15, 0.2) is 0 Å². The highest BCUT2D eigenvalue weighted by molar-refractivity contribution is 6.30. The Morgan fingerprint density at radius 3 is 2.65 bits per heavy atom. The third-order valence-corrected chi connectivity index (χ3v) is 5.77. The molecule has 1 aliphatic rings. The summed E-state index contributed by atoms with van der Waals surface area (Å²) in [5, 5.41) is 4.01. The van der Waals surface area contributed by atoms with Crippen LogP contribution in [0.2, 0.25) is 5.02 Å².